The van der Waals surface area contributed by atoms with Gasteiger partial charge in [-0.15, -0.1) is 0 Å². The van der Waals surface area contributed by atoms with E-state index in [0.717, 1.165) is 0 Å². The molecule has 0 bridgehead atoms. The highest BCUT2D eigenvalue weighted by molar-refractivity contribution is 7.92. The van der Waals surface area contributed by atoms with E-state index in [9.17, 15) is 27.5 Å². The first-order valence-electron chi connectivity index (χ1n) is 10.7. The number of aliphatic hydroxyl groups excluding tert-OH is 1. The summed E-state index contributed by atoms with van der Waals surface area (Å²) in [4.78, 5) is 24.5. The molecule has 0 saturated carbocycles. The lowest BCUT2D eigenvalue weighted by atomic mass is 10.1. The average molecular weight is 504 g/mol. The average Bonchev–Trinajstić information content (AvgIpc) is 3.18. The predicted octanol–water partition coefficient (Wildman–Crippen LogP) is 2.41. The van der Waals surface area contributed by atoms with Crippen molar-refractivity contribution in [1.29, 1.82) is 0 Å². The Kier molecular flexibility index (Phi) is 8.03. The van der Waals surface area contributed by atoms with Crippen LogP contribution in [0.3, 0.4) is 0 Å². The van der Waals surface area contributed by atoms with Crippen molar-refractivity contribution in [2.75, 3.05) is 12.4 Å². The topological polar surface area (TPSA) is 128 Å². The van der Waals surface area contributed by atoms with Crippen LogP contribution in [-0.2, 0) is 26.4 Å². The molecule has 0 aliphatic carbocycles. The molecule has 2 aromatic carbocycles. The Morgan fingerprint density at radius 1 is 1.11 bits per heavy atom. The fourth-order valence-electron chi connectivity index (χ4n) is 3.35. The molecule has 0 fully saturated rings. The summed E-state index contributed by atoms with van der Waals surface area (Å²) in [5, 5.41) is 16.8. The van der Waals surface area contributed by atoms with Gasteiger partial charge in [-0.3, -0.25) is 14.3 Å². The van der Waals surface area contributed by atoms with Gasteiger partial charge in [-0.25, -0.2) is 12.8 Å². The Morgan fingerprint density at radius 3 is 2.31 bits per heavy atom. The first-order valence-corrected chi connectivity index (χ1v) is 12.4. The van der Waals surface area contributed by atoms with Gasteiger partial charge in [0.1, 0.15) is 11.5 Å². The predicted molar refractivity (Wildman–Crippen MR) is 126 cm³/mol. The monoisotopic (exact) mass is 503 g/mol. The minimum absolute atomic E-state index is 0.0828. The first-order chi connectivity index (χ1) is 16.5. The van der Waals surface area contributed by atoms with Gasteiger partial charge in [0.25, 0.3) is 5.91 Å². The van der Waals surface area contributed by atoms with Gasteiger partial charge in [-0.2, -0.15) is 5.10 Å². The van der Waals surface area contributed by atoms with Gasteiger partial charge >= 0.3 is 5.97 Å². The molecule has 2 N–H and O–H groups in total. The Bertz CT molecular complexity index is 1300. The van der Waals surface area contributed by atoms with Crippen LogP contribution < -0.4 is 5.32 Å². The number of aryl methyl sites for hydroxylation is 1. The summed E-state index contributed by atoms with van der Waals surface area (Å²) < 4.78 is 44.4. The zero-order chi connectivity index (χ0) is 25.8. The molecule has 3 aromatic rings. The Morgan fingerprint density at radius 2 is 1.74 bits per heavy atom. The molecule has 1 heterocycles. The number of ether oxygens (including phenoxy) is 1. The summed E-state index contributed by atoms with van der Waals surface area (Å²) in [6, 6.07) is 11.9. The molecule has 1 aromatic heterocycles. The van der Waals surface area contributed by atoms with E-state index < -0.39 is 46.2 Å². The van der Waals surface area contributed by atoms with Crippen molar-refractivity contribution in [2.24, 2.45) is 7.05 Å². The second kappa shape index (κ2) is 10.8. The quantitative estimate of drug-likeness (QED) is 0.429. The smallest absolute Gasteiger partial charge is 0.321 e. The van der Waals surface area contributed by atoms with Gasteiger partial charge in [0, 0.05) is 12.6 Å². The Balaban J connectivity index is 1.73. The van der Waals surface area contributed by atoms with Crippen molar-refractivity contribution in [3.63, 3.8) is 0 Å². The lowest BCUT2D eigenvalue weighted by molar-refractivity contribution is -0.144. The molecule has 1 amide bonds. The molecule has 3 rings (SSSR count). The minimum atomic E-state index is -3.91. The second-order valence-electron chi connectivity index (χ2n) is 8.12. The molecule has 1 atom stereocenters. The number of carbonyl (C=O) groups excluding carboxylic acids is 2. The number of hydrogen-bond donors (Lipinski definition) is 2. The van der Waals surface area contributed by atoms with Crippen LogP contribution in [0.4, 0.5) is 4.39 Å². The normalized spacial score (nSPS) is 12.4. The third-order valence-electron chi connectivity index (χ3n) is 5.06. The lowest BCUT2D eigenvalue weighted by Gasteiger charge is -2.17. The zero-order valence-electron chi connectivity index (χ0n) is 19.4. The zero-order valence-corrected chi connectivity index (χ0v) is 20.3. The molecule has 9 nitrogen and oxygen atoms in total. The van der Waals surface area contributed by atoms with E-state index in [1.54, 1.807) is 39.1 Å². The molecular formula is C24H26FN3O6S. The van der Waals surface area contributed by atoms with Gasteiger partial charge in [0.15, 0.2) is 15.6 Å². The summed E-state index contributed by atoms with van der Waals surface area (Å²) in [5.41, 5.74) is 1.79. The van der Waals surface area contributed by atoms with E-state index in [4.69, 9.17) is 4.74 Å². The lowest BCUT2D eigenvalue weighted by Crippen LogP contribution is -2.32. The Labute approximate surface area is 202 Å². The van der Waals surface area contributed by atoms with Crippen molar-refractivity contribution in [1.82, 2.24) is 15.1 Å². The fourth-order valence-corrected chi connectivity index (χ4v) is 4.45. The van der Waals surface area contributed by atoms with Crippen LogP contribution in [0.1, 0.15) is 35.9 Å². The van der Waals surface area contributed by atoms with E-state index in [0.29, 0.717) is 16.8 Å². The standard InChI is InChI=1S/C24H26FN3O6S/c1-15(2)34-23(30)14-35(32,33)19-10-6-17(7-11-19)21(13-29)26-24(31)22-12-20(27-28(22)3)16-4-8-18(25)9-5-16/h4-12,15,21,29H,13-14H2,1-3H3,(H,26,31)/t21-/m1/s1. The highest BCUT2D eigenvalue weighted by Gasteiger charge is 2.23. The first kappa shape index (κ1) is 26.0. The molecule has 186 valence electrons. The number of nitrogens with one attached hydrogen (secondary N) is 1. The van der Waals surface area contributed by atoms with E-state index >= 15 is 0 Å². The van der Waals surface area contributed by atoms with Gasteiger partial charge in [-0.1, -0.05) is 12.1 Å². The summed E-state index contributed by atoms with van der Waals surface area (Å²) in [7, 11) is -2.33. The minimum Gasteiger partial charge on any atom is -0.462 e. The van der Waals surface area contributed by atoms with Crippen LogP contribution in [0, 0.1) is 5.82 Å². The molecule has 0 aliphatic rings. The molecule has 11 heteroatoms. The fraction of sp³-hybridized carbons (Fsp3) is 0.292. The van der Waals surface area contributed by atoms with Crippen molar-refractivity contribution >= 4 is 21.7 Å². The number of esters is 1. The van der Waals surface area contributed by atoms with Gasteiger partial charge in [-0.05, 0) is 61.9 Å². The van der Waals surface area contributed by atoms with Crippen LogP contribution >= 0.6 is 0 Å². The van der Waals surface area contributed by atoms with Crippen molar-refractivity contribution < 1.29 is 32.2 Å². The summed E-state index contributed by atoms with van der Waals surface area (Å²) in [6.45, 7) is 2.80. The molecule has 0 aliphatic heterocycles. The molecule has 0 saturated heterocycles. The van der Waals surface area contributed by atoms with Crippen LogP contribution in [0.15, 0.2) is 59.5 Å². The summed E-state index contributed by atoms with van der Waals surface area (Å²) >= 11 is 0. The van der Waals surface area contributed by atoms with Gasteiger partial charge in [0.2, 0.25) is 0 Å². The van der Waals surface area contributed by atoms with Crippen LogP contribution in [-0.4, -0.2) is 53.6 Å². The molecule has 0 unspecified atom stereocenters. The van der Waals surface area contributed by atoms with E-state index in [2.05, 4.69) is 10.4 Å². The number of halogens is 1. The highest BCUT2D eigenvalue weighted by atomic mass is 32.2. The number of hydrogen-bond acceptors (Lipinski definition) is 7. The molecule has 0 spiro atoms. The van der Waals surface area contributed by atoms with Crippen molar-refractivity contribution in [3.05, 3.63) is 71.7 Å². The van der Waals surface area contributed by atoms with E-state index in [1.807, 2.05) is 0 Å². The number of aliphatic hydroxyl groups is 1. The second-order valence-corrected chi connectivity index (χ2v) is 10.1. The molecular weight excluding hydrogens is 477 g/mol. The third-order valence-corrected chi connectivity index (χ3v) is 6.66. The number of aromatic nitrogens is 2. The number of amides is 1. The largest absolute Gasteiger partial charge is 0.462 e. The number of carbonyl (C=O) groups is 2. The third kappa shape index (κ3) is 6.52. The van der Waals surface area contributed by atoms with Crippen LogP contribution in [0.2, 0.25) is 0 Å². The number of nitrogens with zero attached hydrogens (tertiary/aromatic N) is 2. The van der Waals surface area contributed by atoms with Crippen LogP contribution in [0.5, 0.6) is 0 Å². The van der Waals surface area contributed by atoms with Crippen molar-refractivity contribution in [2.45, 2.75) is 30.9 Å². The van der Waals surface area contributed by atoms with E-state index in [1.165, 1.54) is 41.1 Å². The highest BCUT2D eigenvalue weighted by Crippen LogP contribution is 2.21. The SMILES string of the molecule is CC(C)OC(=O)CS(=O)(=O)c1ccc([C@@H](CO)NC(=O)c2cc(-c3ccc(F)cc3)nn2C)cc1. The van der Waals surface area contributed by atoms with Crippen molar-refractivity contribution in [3.8, 4) is 11.3 Å². The summed E-state index contributed by atoms with van der Waals surface area (Å²) in [6.07, 6.45) is -0.430. The maximum Gasteiger partial charge on any atom is 0.321 e. The number of sulfone groups is 1. The maximum absolute atomic E-state index is 13.2. The van der Waals surface area contributed by atoms with Crippen LogP contribution in [0.25, 0.3) is 11.3 Å². The Hall–Kier alpha value is -3.57. The van der Waals surface area contributed by atoms with E-state index in [-0.39, 0.29) is 16.4 Å². The van der Waals surface area contributed by atoms with Gasteiger partial charge in [0.05, 0.1) is 29.3 Å². The summed E-state index contributed by atoms with van der Waals surface area (Å²) in [5.74, 6) is -2.54. The number of benzene rings is 2. The van der Waals surface area contributed by atoms with Gasteiger partial charge < -0.3 is 15.2 Å². The molecule has 0 radical (unpaired) electrons. The number of rotatable bonds is 9. The maximum atomic E-state index is 13.2. The molecule has 35 heavy (non-hydrogen) atoms.